The number of benzene rings is 2. The molecule has 0 aliphatic carbocycles. The van der Waals surface area contributed by atoms with Crippen LogP contribution in [0.4, 0.5) is 5.82 Å². The average Bonchev–Trinajstić information content (AvgIpc) is 3.47. The van der Waals surface area contributed by atoms with Crippen molar-refractivity contribution in [2.75, 3.05) is 104 Å². The fourth-order valence-electron chi connectivity index (χ4n) is 5.75. The van der Waals surface area contributed by atoms with E-state index in [2.05, 4.69) is 4.98 Å². The standard InChI is InChI=1S/C39H42N4O12S2/c44-33(45)26-54-22-21-52-19-20-53-23-24-55-29-5-10-32(40-25-29)43-38(48)34(56-30-6-1-27(2-7-30)36(46)41-11-15-50-16-12-41)35(39(43)49)57-31-8-3-28(4-9-31)37(47)42-13-17-51-18-14-42/h1-10,25H,11-24,26H2,(H,44,45). The van der Waals surface area contributed by atoms with Crippen LogP contribution in [0.2, 0.25) is 0 Å². The fraction of sp³-hybridized carbons (Fsp3) is 0.385. The van der Waals surface area contributed by atoms with Crippen LogP contribution in [0, 0.1) is 0 Å². The molecule has 3 aromatic rings. The van der Waals surface area contributed by atoms with E-state index >= 15 is 0 Å². The Bertz CT molecular complexity index is 1800. The lowest BCUT2D eigenvalue weighted by Gasteiger charge is -2.26. The van der Waals surface area contributed by atoms with Gasteiger partial charge in [-0.25, -0.2) is 14.7 Å². The molecule has 0 radical (unpaired) electrons. The summed E-state index contributed by atoms with van der Waals surface area (Å²) in [4.78, 5) is 75.2. The number of morpholine rings is 2. The Morgan fingerprint density at radius 1 is 0.632 bits per heavy atom. The molecule has 2 fully saturated rings. The van der Waals surface area contributed by atoms with Gasteiger partial charge in [0.1, 0.15) is 24.8 Å². The summed E-state index contributed by atoms with van der Waals surface area (Å²) in [5, 5.41) is 8.55. The van der Waals surface area contributed by atoms with Crippen molar-refractivity contribution < 1.29 is 57.5 Å². The van der Waals surface area contributed by atoms with Crippen molar-refractivity contribution in [1.82, 2.24) is 14.8 Å². The van der Waals surface area contributed by atoms with Crippen LogP contribution in [0.25, 0.3) is 0 Å². The van der Waals surface area contributed by atoms with Gasteiger partial charge in [0.15, 0.2) is 0 Å². The van der Waals surface area contributed by atoms with Gasteiger partial charge in [-0.2, -0.15) is 0 Å². The zero-order chi connectivity index (χ0) is 40.0. The van der Waals surface area contributed by atoms with Gasteiger partial charge in [0.2, 0.25) is 0 Å². The maximum atomic E-state index is 14.1. The number of amides is 4. The summed E-state index contributed by atoms with van der Waals surface area (Å²) in [6.45, 7) is 5.14. The van der Waals surface area contributed by atoms with E-state index in [-0.39, 0.29) is 60.5 Å². The number of carboxylic acid groups (broad SMARTS) is 1. The maximum Gasteiger partial charge on any atom is 0.329 e. The van der Waals surface area contributed by atoms with E-state index in [0.717, 1.165) is 28.4 Å². The summed E-state index contributed by atoms with van der Waals surface area (Å²) in [7, 11) is 0. The van der Waals surface area contributed by atoms with Crippen LogP contribution in [-0.2, 0) is 38.1 Å². The van der Waals surface area contributed by atoms with Gasteiger partial charge in [-0.3, -0.25) is 19.2 Å². The largest absolute Gasteiger partial charge is 0.490 e. The number of thioether (sulfide) groups is 2. The van der Waals surface area contributed by atoms with E-state index in [1.807, 2.05) is 0 Å². The van der Waals surface area contributed by atoms with Crippen molar-refractivity contribution in [3.05, 3.63) is 87.8 Å². The zero-order valence-electron chi connectivity index (χ0n) is 31.0. The highest BCUT2D eigenvalue weighted by atomic mass is 32.2. The summed E-state index contributed by atoms with van der Waals surface area (Å²) in [6, 6.07) is 17.0. The second kappa shape index (κ2) is 21.1. The molecule has 18 heteroatoms. The molecule has 0 atom stereocenters. The minimum Gasteiger partial charge on any atom is -0.490 e. The number of imide groups is 1. The van der Waals surface area contributed by atoms with Crippen LogP contribution in [0.5, 0.6) is 5.75 Å². The molecule has 0 spiro atoms. The molecule has 57 heavy (non-hydrogen) atoms. The molecule has 3 aliphatic rings. The second-order valence-electron chi connectivity index (χ2n) is 12.5. The van der Waals surface area contributed by atoms with Gasteiger partial charge in [-0.05, 0) is 60.7 Å². The molecule has 4 amide bonds. The number of aromatic nitrogens is 1. The first-order valence-electron chi connectivity index (χ1n) is 18.3. The number of hydrogen-bond acceptors (Lipinski definition) is 14. The van der Waals surface area contributed by atoms with E-state index < -0.39 is 17.8 Å². The van der Waals surface area contributed by atoms with Gasteiger partial charge < -0.3 is 43.3 Å². The SMILES string of the molecule is O=C(O)COCCOCCOCCOc1ccc(N2C(=O)C(Sc3ccc(C(=O)N4CCOCC4)cc3)=C(Sc3ccc(C(=O)N4CCOCC4)cc3)C2=O)nc1. The summed E-state index contributed by atoms with van der Waals surface area (Å²) < 4.78 is 32.1. The van der Waals surface area contributed by atoms with Gasteiger partial charge in [0.05, 0.1) is 75.5 Å². The Balaban J connectivity index is 1.10. The highest BCUT2D eigenvalue weighted by Gasteiger charge is 2.41. The average molecular weight is 823 g/mol. The number of ether oxygens (including phenoxy) is 6. The van der Waals surface area contributed by atoms with Crippen LogP contribution in [0.1, 0.15) is 20.7 Å². The van der Waals surface area contributed by atoms with Gasteiger partial charge in [0, 0.05) is 47.1 Å². The third kappa shape index (κ3) is 11.6. The molecule has 0 saturated carbocycles. The highest BCUT2D eigenvalue weighted by molar-refractivity contribution is 8.08. The molecule has 2 saturated heterocycles. The number of nitrogens with zero attached hydrogens (tertiary/aromatic N) is 4. The number of pyridine rings is 1. The van der Waals surface area contributed by atoms with Gasteiger partial charge in [-0.15, -0.1) is 0 Å². The number of carboxylic acids is 1. The minimum atomic E-state index is -1.04. The third-order valence-corrected chi connectivity index (χ3v) is 11.0. The van der Waals surface area contributed by atoms with Gasteiger partial charge in [0.25, 0.3) is 23.6 Å². The van der Waals surface area contributed by atoms with Crippen molar-refractivity contribution in [2.24, 2.45) is 0 Å². The Hall–Kier alpha value is -4.82. The summed E-state index contributed by atoms with van der Waals surface area (Å²) in [5.74, 6) is -1.82. The number of carbonyl (C=O) groups excluding carboxylic acids is 4. The van der Waals surface area contributed by atoms with Gasteiger partial charge in [-0.1, -0.05) is 23.5 Å². The Morgan fingerprint density at radius 2 is 1.09 bits per heavy atom. The summed E-state index contributed by atoms with van der Waals surface area (Å²) in [5.41, 5.74) is 1.02. The number of hydrogen-bond donors (Lipinski definition) is 1. The molecular weight excluding hydrogens is 781 g/mol. The molecule has 4 heterocycles. The number of rotatable bonds is 19. The molecule has 1 N–H and O–H groups in total. The minimum absolute atomic E-state index is 0.103. The molecule has 1 aromatic heterocycles. The topological polar surface area (TPSA) is 184 Å². The van der Waals surface area contributed by atoms with E-state index in [1.54, 1.807) is 64.4 Å². The lowest BCUT2D eigenvalue weighted by Crippen LogP contribution is -2.40. The fourth-order valence-corrected chi connectivity index (χ4v) is 7.73. The summed E-state index contributed by atoms with van der Waals surface area (Å²) in [6.07, 6.45) is 1.42. The van der Waals surface area contributed by atoms with Gasteiger partial charge >= 0.3 is 5.97 Å². The molecule has 3 aliphatic heterocycles. The summed E-state index contributed by atoms with van der Waals surface area (Å²) >= 11 is 2.25. The Labute approximate surface area is 337 Å². The normalized spacial score (nSPS) is 16.0. The number of anilines is 1. The molecular formula is C39H42N4O12S2. The molecule has 6 rings (SSSR count). The van der Waals surface area contributed by atoms with E-state index in [1.165, 1.54) is 12.3 Å². The van der Waals surface area contributed by atoms with E-state index in [4.69, 9.17) is 33.5 Å². The molecule has 16 nitrogen and oxygen atoms in total. The Kier molecular flexibility index (Phi) is 15.5. The van der Waals surface area contributed by atoms with Crippen LogP contribution in [0.15, 0.2) is 86.5 Å². The number of carbonyl (C=O) groups is 5. The highest BCUT2D eigenvalue weighted by Crippen LogP contribution is 2.44. The predicted octanol–water partition coefficient (Wildman–Crippen LogP) is 3.21. The van der Waals surface area contributed by atoms with Crippen LogP contribution in [-0.4, -0.2) is 148 Å². The van der Waals surface area contributed by atoms with Crippen molar-refractivity contribution in [3.63, 3.8) is 0 Å². The van der Waals surface area contributed by atoms with E-state index in [9.17, 15) is 24.0 Å². The van der Waals surface area contributed by atoms with Crippen molar-refractivity contribution >= 4 is 58.9 Å². The first-order chi connectivity index (χ1) is 27.8. The molecule has 302 valence electrons. The predicted molar refractivity (Wildman–Crippen MR) is 207 cm³/mol. The second-order valence-corrected chi connectivity index (χ2v) is 14.7. The quantitative estimate of drug-likeness (QED) is 0.137. The van der Waals surface area contributed by atoms with Crippen molar-refractivity contribution in [3.8, 4) is 5.75 Å². The Morgan fingerprint density at radius 3 is 1.53 bits per heavy atom. The first kappa shape index (κ1) is 41.8. The third-order valence-electron chi connectivity index (χ3n) is 8.66. The van der Waals surface area contributed by atoms with Crippen LogP contribution < -0.4 is 9.64 Å². The van der Waals surface area contributed by atoms with Crippen LogP contribution >= 0.6 is 23.5 Å². The molecule has 0 unspecified atom stereocenters. The lowest BCUT2D eigenvalue weighted by atomic mass is 10.2. The number of aliphatic carboxylic acids is 1. The van der Waals surface area contributed by atoms with Crippen LogP contribution in [0.3, 0.4) is 0 Å². The lowest BCUT2D eigenvalue weighted by molar-refractivity contribution is -0.142. The molecule has 0 bridgehead atoms. The van der Waals surface area contributed by atoms with E-state index in [0.29, 0.717) is 92.5 Å². The van der Waals surface area contributed by atoms with Crippen molar-refractivity contribution in [1.29, 1.82) is 0 Å². The monoisotopic (exact) mass is 822 g/mol. The first-order valence-corrected chi connectivity index (χ1v) is 19.9. The maximum absolute atomic E-state index is 14.1. The zero-order valence-corrected chi connectivity index (χ0v) is 32.6. The molecule has 2 aromatic carbocycles. The van der Waals surface area contributed by atoms with Crippen molar-refractivity contribution in [2.45, 2.75) is 9.79 Å². The smallest absolute Gasteiger partial charge is 0.329 e.